The SMILES string of the molecule is Cn1cnnc1-c1cc(F)ccc1-c1cc(C2CC2)nc(-n2cc(C#N)c3cc([C@@H](N[S@](=O)C(C)(C)C)C(F)(F)F)n(C)c3c2=O)c1. The quantitative estimate of drug-likeness (QED) is 0.222. The third-order valence-electron chi connectivity index (χ3n) is 8.08. The first kappa shape index (κ1) is 32.3. The summed E-state index contributed by atoms with van der Waals surface area (Å²) in [6.07, 6.45) is -0.385. The summed E-state index contributed by atoms with van der Waals surface area (Å²) in [7, 11) is 0.923. The lowest BCUT2D eigenvalue weighted by Gasteiger charge is -2.26. The molecule has 2 atom stereocenters. The summed E-state index contributed by atoms with van der Waals surface area (Å²) in [4.78, 5) is 18.9. The highest BCUT2D eigenvalue weighted by molar-refractivity contribution is 7.84. The van der Waals surface area contributed by atoms with E-state index in [0.29, 0.717) is 28.2 Å². The second kappa shape index (κ2) is 11.5. The molecule has 0 saturated heterocycles. The number of alkyl halides is 3. The minimum absolute atomic E-state index is 0.0190. The van der Waals surface area contributed by atoms with Crippen molar-refractivity contribution < 1.29 is 21.8 Å². The molecule has 4 heterocycles. The largest absolute Gasteiger partial charge is 0.410 e. The third kappa shape index (κ3) is 5.98. The van der Waals surface area contributed by atoms with Crippen molar-refractivity contribution in [3.63, 3.8) is 0 Å². The lowest BCUT2D eigenvalue weighted by Crippen LogP contribution is -2.42. The molecular formula is C32H30F4N8O2S. The maximum Gasteiger partial charge on any atom is 0.410 e. The fourth-order valence-corrected chi connectivity index (χ4v) is 6.28. The number of halogens is 4. The van der Waals surface area contributed by atoms with Gasteiger partial charge in [-0.2, -0.15) is 18.4 Å². The van der Waals surface area contributed by atoms with E-state index in [9.17, 15) is 31.8 Å². The van der Waals surface area contributed by atoms with Crippen molar-refractivity contribution in [3.8, 4) is 34.4 Å². The van der Waals surface area contributed by atoms with Crippen LogP contribution < -0.4 is 10.3 Å². The molecule has 0 spiro atoms. The van der Waals surface area contributed by atoms with E-state index in [2.05, 4.69) is 14.9 Å². The van der Waals surface area contributed by atoms with E-state index in [4.69, 9.17) is 4.98 Å². The summed E-state index contributed by atoms with van der Waals surface area (Å²) >= 11 is 0. The molecule has 0 radical (unpaired) electrons. The summed E-state index contributed by atoms with van der Waals surface area (Å²) in [5.74, 6) is 0.184. The van der Waals surface area contributed by atoms with Crippen molar-refractivity contribution in [2.75, 3.05) is 0 Å². The maximum absolute atomic E-state index is 14.5. The molecule has 0 bridgehead atoms. The van der Waals surface area contributed by atoms with E-state index >= 15 is 0 Å². The Balaban J connectivity index is 1.56. The maximum atomic E-state index is 14.5. The van der Waals surface area contributed by atoms with Gasteiger partial charge in [-0.1, -0.05) is 6.07 Å². The molecule has 4 aromatic heterocycles. The van der Waals surface area contributed by atoms with Gasteiger partial charge in [0.25, 0.3) is 5.56 Å². The van der Waals surface area contributed by atoms with Crippen LogP contribution in [0.2, 0.25) is 0 Å². The van der Waals surface area contributed by atoms with Gasteiger partial charge in [0.15, 0.2) is 11.9 Å². The number of aryl methyl sites for hydroxylation is 2. The molecule has 0 amide bonds. The summed E-state index contributed by atoms with van der Waals surface area (Å²) < 4.78 is 75.5. The van der Waals surface area contributed by atoms with E-state index in [-0.39, 0.29) is 33.9 Å². The van der Waals surface area contributed by atoms with Gasteiger partial charge in [-0.05, 0) is 75.1 Å². The zero-order chi connectivity index (χ0) is 34.0. The Morgan fingerprint density at radius 2 is 1.81 bits per heavy atom. The third-order valence-corrected chi connectivity index (χ3v) is 9.65. The average molecular weight is 667 g/mol. The van der Waals surface area contributed by atoms with Crippen LogP contribution in [0.25, 0.3) is 39.2 Å². The second-order valence-electron chi connectivity index (χ2n) is 12.6. The summed E-state index contributed by atoms with van der Waals surface area (Å²) in [6, 6.07) is 8.46. The summed E-state index contributed by atoms with van der Waals surface area (Å²) in [5.41, 5.74) is 1.03. The summed E-state index contributed by atoms with van der Waals surface area (Å²) in [6.45, 7) is 4.62. The van der Waals surface area contributed by atoms with Gasteiger partial charge in [-0.25, -0.2) is 18.3 Å². The Kier molecular flexibility index (Phi) is 7.92. The first-order valence-corrected chi connectivity index (χ1v) is 15.8. The fraction of sp³-hybridized carbons (Fsp3) is 0.344. The number of fused-ring (bicyclic) bond motifs is 1. The Morgan fingerprint density at radius 1 is 1.09 bits per heavy atom. The Morgan fingerprint density at radius 3 is 2.40 bits per heavy atom. The normalized spacial score (nSPS) is 15.1. The molecule has 0 aliphatic heterocycles. The number of hydrogen-bond donors (Lipinski definition) is 1. The van der Waals surface area contributed by atoms with Crippen LogP contribution in [0.1, 0.15) is 62.5 Å². The van der Waals surface area contributed by atoms with Crippen molar-refractivity contribution in [2.45, 2.75) is 56.5 Å². The van der Waals surface area contributed by atoms with E-state index in [1.54, 1.807) is 23.7 Å². The zero-order valence-electron chi connectivity index (χ0n) is 26.1. The second-order valence-corrected chi connectivity index (χ2v) is 14.6. The molecule has 1 fully saturated rings. The van der Waals surface area contributed by atoms with Gasteiger partial charge in [0.1, 0.15) is 29.5 Å². The minimum atomic E-state index is -4.88. The molecule has 15 heteroatoms. The predicted molar refractivity (Wildman–Crippen MR) is 168 cm³/mol. The molecule has 1 saturated carbocycles. The molecule has 47 heavy (non-hydrogen) atoms. The van der Waals surface area contributed by atoms with E-state index in [1.165, 1.54) is 52.5 Å². The number of pyridine rings is 2. The van der Waals surface area contributed by atoms with Crippen molar-refractivity contribution in [1.82, 2.24) is 33.6 Å². The molecule has 1 aromatic carbocycles. The highest BCUT2D eigenvalue weighted by Gasteiger charge is 2.45. The van der Waals surface area contributed by atoms with E-state index < -0.39 is 39.3 Å². The van der Waals surface area contributed by atoms with Crippen LogP contribution in [0.3, 0.4) is 0 Å². The average Bonchev–Trinajstić information content (AvgIpc) is 3.68. The van der Waals surface area contributed by atoms with Gasteiger partial charge in [0.2, 0.25) is 0 Å². The number of benzene rings is 1. The predicted octanol–water partition coefficient (Wildman–Crippen LogP) is 5.73. The Bertz CT molecular complexity index is 2170. The van der Waals surface area contributed by atoms with Crippen LogP contribution in [-0.2, 0) is 25.1 Å². The van der Waals surface area contributed by atoms with Crippen LogP contribution in [0, 0.1) is 17.1 Å². The van der Waals surface area contributed by atoms with Gasteiger partial charge < -0.3 is 9.13 Å². The summed E-state index contributed by atoms with van der Waals surface area (Å²) in [5, 5.41) is 18.2. The first-order valence-electron chi connectivity index (χ1n) is 14.6. The van der Waals surface area contributed by atoms with Gasteiger partial charge in [-0.15, -0.1) is 10.2 Å². The zero-order valence-corrected chi connectivity index (χ0v) is 26.9. The number of nitrogens with one attached hydrogen (secondary N) is 1. The molecule has 244 valence electrons. The van der Waals surface area contributed by atoms with E-state index in [1.807, 2.05) is 12.1 Å². The molecule has 1 N–H and O–H groups in total. The van der Waals surface area contributed by atoms with Crippen molar-refractivity contribution in [3.05, 3.63) is 82.0 Å². The van der Waals surface area contributed by atoms with Gasteiger partial charge in [-0.3, -0.25) is 9.36 Å². The fourth-order valence-electron chi connectivity index (χ4n) is 5.46. The Hall–Kier alpha value is -4.68. The van der Waals surface area contributed by atoms with Gasteiger partial charge in [0, 0.05) is 48.5 Å². The molecule has 1 aliphatic carbocycles. The van der Waals surface area contributed by atoms with Crippen molar-refractivity contribution in [1.29, 1.82) is 5.26 Å². The molecule has 0 unspecified atom stereocenters. The van der Waals surface area contributed by atoms with Crippen LogP contribution >= 0.6 is 0 Å². The van der Waals surface area contributed by atoms with Crippen LogP contribution in [0.4, 0.5) is 17.6 Å². The van der Waals surface area contributed by atoms with Crippen molar-refractivity contribution in [2.24, 2.45) is 14.1 Å². The molecule has 10 nitrogen and oxygen atoms in total. The smallest absolute Gasteiger partial charge is 0.341 e. The number of aromatic nitrogens is 6. The monoisotopic (exact) mass is 666 g/mol. The lowest BCUT2D eigenvalue weighted by molar-refractivity contribution is -0.154. The molecule has 1 aliphatic rings. The number of rotatable bonds is 7. The topological polar surface area (TPSA) is 123 Å². The van der Waals surface area contributed by atoms with Crippen molar-refractivity contribution >= 4 is 21.9 Å². The van der Waals surface area contributed by atoms with Crippen LogP contribution in [-0.4, -0.2) is 44.0 Å². The standard InChI is InChI=1S/C32H30F4N8O2S/c1-31(2,3)47(46)41-28(32(34,35)36)25-13-22-19(14-37)15-44(30(45)27(22)43(25)5)26-11-18(10-24(39-26)17-6-7-17)21-9-8-20(33)12-23(21)29-40-38-16-42(29)4/h8-13,15-17,28,41H,6-7H2,1-5H3/t28-,47-/m1/s1. The van der Waals surface area contributed by atoms with Crippen LogP contribution in [0.5, 0.6) is 0 Å². The van der Waals surface area contributed by atoms with E-state index in [0.717, 1.165) is 28.0 Å². The minimum Gasteiger partial charge on any atom is -0.341 e. The lowest BCUT2D eigenvalue weighted by atomic mass is 9.98. The molecule has 6 rings (SSSR count). The van der Waals surface area contributed by atoms with Crippen LogP contribution in [0.15, 0.2) is 53.7 Å². The van der Waals surface area contributed by atoms with Gasteiger partial charge >= 0.3 is 6.18 Å². The highest BCUT2D eigenvalue weighted by atomic mass is 32.2. The number of nitrogens with zero attached hydrogens (tertiary/aromatic N) is 7. The van der Waals surface area contributed by atoms with Gasteiger partial charge in [0.05, 0.1) is 21.3 Å². The number of nitriles is 1. The molecular weight excluding hydrogens is 636 g/mol. The molecule has 5 aromatic rings. The highest BCUT2D eigenvalue weighted by Crippen LogP contribution is 2.42. The Labute approximate surface area is 269 Å². The number of hydrogen-bond acceptors (Lipinski definition) is 6. The first-order chi connectivity index (χ1) is 22.1.